The van der Waals surface area contributed by atoms with E-state index in [-0.39, 0.29) is 31.4 Å². The number of amides is 1. The predicted molar refractivity (Wildman–Crippen MR) is 122 cm³/mol. The van der Waals surface area contributed by atoms with Crippen LogP contribution in [-0.2, 0) is 12.8 Å². The van der Waals surface area contributed by atoms with Gasteiger partial charge in [0.1, 0.15) is 12.4 Å². The fourth-order valence-electron chi connectivity index (χ4n) is 3.43. The maximum atomic E-state index is 12.9. The predicted octanol–water partition coefficient (Wildman–Crippen LogP) is 5.89. The first-order chi connectivity index (χ1) is 15.8. The van der Waals surface area contributed by atoms with Gasteiger partial charge in [0.05, 0.1) is 12.2 Å². The van der Waals surface area contributed by atoms with Gasteiger partial charge in [-0.15, -0.1) is 11.3 Å². The third kappa shape index (κ3) is 5.35. The van der Waals surface area contributed by atoms with Crippen LogP contribution in [0.2, 0.25) is 0 Å². The van der Waals surface area contributed by atoms with Crippen molar-refractivity contribution >= 4 is 27.3 Å². The Morgan fingerprint density at radius 3 is 2.58 bits per heavy atom. The molecule has 170 valence electrons. The number of carbonyl (C=O) groups excluding carboxylic acids is 1. The summed E-state index contributed by atoms with van der Waals surface area (Å²) in [5.41, 5.74) is 1.55. The Hall–Kier alpha value is -3.36. The van der Waals surface area contributed by atoms with Gasteiger partial charge in [-0.25, -0.2) is 0 Å². The maximum absolute atomic E-state index is 12.9. The quantitative estimate of drug-likeness (QED) is 0.354. The van der Waals surface area contributed by atoms with Crippen LogP contribution in [0.1, 0.15) is 20.8 Å². The number of halogens is 3. The SMILES string of the molecule is O=C(NCCO)c1cccc(-c2cccc3cc(COc4cccc(C(F)(F)F)c4)sc23)c1. The van der Waals surface area contributed by atoms with Crippen LogP contribution in [0.3, 0.4) is 0 Å². The normalized spacial score (nSPS) is 11.5. The number of aliphatic hydroxyl groups is 1. The molecule has 3 aromatic carbocycles. The van der Waals surface area contributed by atoms with Gasteiger partial charge in [-0.3, -0.25) is 4.79 Å². The molecule has 0 aliphatic carbocycles. The Kier molecular flexibility index (Phi) is 6.67. The molecule has 2 N–H and O–H groups in total. The first kappa shape index (κ1) is 22.8. The number of fused-ring (bicyclic) bond motifs is 1. The second kappa shape index (κ2) is 9.64. The zero-order chi connectivity index (χ0) is 23.4. The summed E-state index contributed by atoms with van der Waals surface area (Å²) in [5.74, 6) is -0.108. The molecule has 0 saturated heterocycles. The molecule has 8 heteroatoms. The Morgan fingerprint density at radius 1 is 1.00 bits per heavy atom. The number of carbonyl (C=O) groups is 1. The van der Waals surface area contributed by atoms with Gasteiger partial charge < -0.3 is 15.2 Å². The van der Waals surface area contributed by atoms with Crippen LogP contribution in [0.15, 0.2) is 72.8 Å². The van der Waals surface area contributed by atoms with Gasteiger partial charge in [-0.05, 0) is 52.9 Å². The third-order valence-corrected chi connectivity index (χ3v) is 6.13. The molecule has 4 rings (SSSR count). The summed E-state index contributed by atoms with van der Waals surface area (Å²) in [4.78, 5) is 13.1. The highest BCUT2D eigenvalue weighted by atomic mass is 32.1. The van der Waals surface area contributed by atoms with Crippen molar-refractivity contribution in [2.24, 2.45) is 0 Å². The molecule has 0 aliphatic heterocycles. The van der Waals surface area contributed by atoms with E-state index in [1.807, 2.05) is 30.3 Å². The van der Waals surface area contributed by atoms with Gasteiger partial charge in [0.15, 0.2) is 0 Å². The lowest BCUT2D eigenvalue weighted by Gasteiger charge is -2.09. The number of thiophene rings is 1. The minimum Gasteiger partial charge on any atom is -0.488 e. The number of hydrogen-bond acceptors (Lipinski definition) is 4. The first-order valence-corrected chi connectivity index (χ1v) is 11.0. The van der Waals surface area contributed by atoms with E-state index in [9.17, 15) is 18.0 Å². The van der Waals surface area contributed by atoms with Crippen molar-refractivity contribution in [1.82, 2.24) is 5.32 Å². The molecule has 4 nitrogen and oxygen atoms in total. The number of hydrogen-bond donors (Lipinski definition) is 2. The molecule has 1 aromatic heterocycles. The van der Waals surface area contributed by atoms with Gasteiger partial charge in [-0.2, -0.15) is 13.2 Å². The van der Waals surface area contributed by atoms with Crippen molar-refractivity contribution < 1.29 is 27.8 Å². The van der Waals surface area contributed by atoms with E-state index in [1.165, 1.54) is 23.5 Å². The molecular formula is C25H20F3NO3S. The molecule has 4 aromatic rings. The molecule has 1 amide bonds. The summed E-state index contributed by atoms with van der Waals surface area (Å²) in [5, 5.41) is 12.5. The van der Waals surface area contributed by atoms with Crippen LogP contribution < -0.4 is 10.1 Å². The van der Waals surface area contributed by atoms with E-state index < -0.39 is 11.7 Å². The van der Waals surface area contributed by atoms with Gasteiger partial charge >= 0.3 is 6.18 Å². The van der Waals surface area contributed by atoms with E-state index >= 15 is 0 Å². The van der Waals surface area contributed by atoms with Gasteiger partial charge in [-0.1, -0.05) is 36.4 Å². The van der Waals surface area contributed by atoms with Crippen molar-refractivity contribution in [1.29, 1.82) is 0 Å². The molecule has 0 radical (unpaired) electrons. The van der Waals surface area contributed by atoms with E-state index in [0.29, 0.717) is 5.56 Å². The molecular weight excluding hydrogens is 451 g/mol. The van der Waals surface area contributed by atoms with E-state index in [0.717, 1.165) is 38.2 Å². The second-order valence-corrected chi connectivity index (χ2v) is 8.45. The van der Waals surface area contributed by atoms with E-state index in [4.69, 9.17) is 9.84 Å². The topological polar surface area (TPSA) is 58.6 Å². The monoisotopic (exact) mass is 471 g/mol. The third-order valence-electron chi connectivity index (χ3n) is 4.97. The number of nitrogens with one attached hydrogen (secondary N) is 1. The highest BCUT2D eigenvalue weighted by Crippen LogP contribution is 2.36. The minimum absolute atomic E-state index is 0.134. The first-order valence-electron chi connectivity index (χ1n) is 10.2. The zero-order valence-corrected chi connectivity index (χ0v) is 18.2. The summed E-state index contributed by atoms with van der Waals surface area (Å²) in [6, 6.07) is 19.8. The number of benzene rings is 3. The fraction of sp³-hybridized carbons (Fsp3) is 0.160. The smallest absolute Gasteiger partial charge is 0.416 e. The molecule has 0 spiro atoms. The summed E-state index contributed by atoms with van der Waals surface area (Å²) in [6.45, 7) is 0.188. The van der Waals surface area contributed by atoms with Gasteiger partial charge in [0.25, 0.3) is 5.91 Å². The van der Waals surface area contributed by atoms with Crippen molar-refractivity contribution in [3.63, 3.8) is 0 Å². The molecule has 33 heavy (non-hydrogen) atoms. The van der Waals surface area contributed by atoms with Gasteiger partial charge in [0, 0.05) is 21.7 Å². The van der Waals surface area contributed by atoms with E-state index in [2.05, 4.69) is 5.32 Å². The molecule has 0 aliphatic rings. The van der Waals surface area contributed by atoms with Crippen molar-refractivity contribution in [3.05, 3.63) is 88.8 Å². The van der Waals surface area contributed by atoms with Crippen molar-refractivity contribution in [2.75, 3.05) is 13.2 Å². The minimum atomic E-state index is -4.42. The molecule has 0 bridgehead atoms. The lowest BCUT2D eigenvalue weighted by Crippen LogP contribution is -2.26. The average molecular weight is 472 g/mol. The molecule has 0 unspecified atom stereocenters. The summed E-state index contributed by atoms with van der Waals surface area (Å²) < 4.78 is 45.4. The van der Waals surface area contributed by atoms with Crippen LogP contribution >= 0.6 is 11.3 Å². The number of aliphatic hydroxyl groups excluding tert-OH is 1. The van der Waals surface area contributed by atoms with Crippen molar-refractivity contribution in [3.8, 4) is 16.9 Å². The average Bonchev–Trinajstić information content (AvgIpc) is 3.24. The van der Waals surface area contributed by atoms with Crippen molar-refractivity contribution in [2.45, 2.75) is 12.8 Å². The van der Waals surface area contributed by atoms with Crippen LogP contribution in [0.25, 0.3) is 21.2 Å². The highest BCUT2D eigenvalue weighted by molar-refractivity contribution is 7.19. The van der Waals surface area contributed by atoms with Crippen LogP contribution in [0.4, 0.5) is 13.2 Å². The summed E-state index contributed by atoms with van der Waals surface area (Å²) in [7, 11) is 0. The Morgan fingerprint density at radius 2 is 1.79 bits per heavy atom. The second-order valence-electron chi connectivity index (χ2n) is 7.31. The largest absolute Gasteiger partial charge is 0.488 e. The zero-order valence-electron chi connectivity index (χ0n) is 17.4. The highest BCUT2D eigenvalue weighted by Gasteiger charge is 2.30. The summed E-state index contributed by atoms with van der Waals surface area (Å²) >= 11 is 1.50. The molecule has 0 fully saturated rings. The van der Waals surface area contributed by atoms with Crippen LogP contribution in [-0.4, -0.2) is 24.2 Å². The number of rotatable bonds is 7. The Balaban J connectivity index is 1.57. The fourth-order valence-corrected chi connectivity index (χ4v) is 4.54. The van der Waals surface area contributed by atoms with Crippen LogP contribution in [0, 0.1) is 0 Å². The lowest BCUT2D eigenvalue weighted by molar-refractivity contribution is -0.137. The molecule has 1 heterocycles. The Labute approximate surface area is 192 Å². The van der Waals surface area contributed by atoms with Gasteiger partial charge in [0.2, 0.25) is 0 Å². The maximum Gasteiger partial charge on any atom is 0.416 e. The molecule has 0 saturated carbocycles. The number of ether oxygens (including phenoxy) is 1. The molecule has 0 atom stereocenters. The lowest BCUT2D eigenvalue weighted by atomic mass is 10.0. The van der Waals surface area contributed by atoms with Crippen LogP contribution in [0.5, 0.6) is 5.75 Å². The standard InChI is InChI=1S/C25H20F3NO3S/c26-25(27,28)19-7-3-8-20(14-19)32-15-21-13-17-5-2-9-22(23(17)33-21)16-4-1-6-18(12-16)24(31)29-10-11-30/h1-9,12-14,30H,10-11,15H2,(H,29,31). The summed E-state index contributed by atoms with van der Waals surface area (Å²) in [6.07, 6.45) is -4.42. The van der Waals surface area contributed by atoms with E-state index in [1.54, 1.807) is 18.2 Å². The Bertz CT molecular complexity index is 1280. The number of alkyl halides is 3.